The first-order valence-corrected chi connectivity index (χ1v) is 6.77. The quantitative estimate of drug-likeness (QED) is 0.675. The third-order valence-corrected chi connectivity index (χ3v) is 3.80. The molecular formula is C12H12BrN3O4. The minimum absolute atomic E-state index is 0.281. The zero-order chi connectivity index (χ0) is 14.7. The van der Waals surface area contributed by atoms with Gasteiger partial charge in [-0.1, -0.05) is 12.1 Å². The topological polar surface area (TPSA) is 90.3 Å². The Balaban J connectivity index is 2.28. The first-order valence-electron chi connectivity index (χ1n) is 5.97. The van der Waals surface area contributed by atoms with Gasteiger partial charge in [0.2, 0.25) is 0 Å². The van der Waals surface area contributed by atoms with Gasteiger partial charge in [0, 0.05) is 11.0 Å². The minimum atomic E-state index is -1.08. The van der Waals surface area contributed by atoms with Crippen LogP contribution in [0.4, 0.5) is 10.5 Å². The summed E-state index contributed by atoms with van der Waals surface area (Å²) in [5, 5.41) is 12.5. The average Bonchev–Trinajstić information content (AvgIpc) is 2.91. The van der Waals surface area contributed by atoms with Crippen molar-refractivity contribution in [2.45, 2.75) is 18.9 Å². The van der Waals surface area contributed by atoms with Crippen molar-refractivity contribution in [1.82, 2.24) is 4.90 Å². The molecule has 0 saturated carbocycles. The van der Waals surface area contributed by atoms with Gasteiger partial charge in [0.1, 0.15) is 6.04 Å². The van der Waals surface area contributed by atoms with Crippen molar-refractivity contribution in [3.63, 3.8) is 0 Å². The van der Waals surface area contributed by atoms with Crippen LogP contribution in [-0.2, 0) is 4.79 Å². The maximum atomic E-state index is 12.3. The molecule has 1 heterocycles. The highest BCUT2D eigenvalue weighted by molar-refractivity contribution is 9.10. The number of hydrogen-bond acceptors (Lipinski definition) is 4. The number of para-hydroxylation sites is 1. The van der Waals surface area contributed by atoms with Gasteiger partial charge < -0.3 is 10.0 Å². The predicted octanol–water partition coefficient (Wildman–Crippen LogP) is 2.61. The highest BCUT2D eigenvalue weighted by Crippen LogP contribution is 2.29. The lowest BCUT2D eigenvalue weighted by molar-refractivity contribution is -0.141. The SMILES string of the molecule is O=NN(C(=O)N1CCC[C@H]1C(=O)O)c1ccccc1Br. The molecule has 0 radical (unpaired) electrons. The molecule has 2 amide bonds. The summed E-state index contributed by atoms with van der Waals surface area (Å²) in [6.07, 6.45) is 0.967. The van der Waals surface area contributed by atoms with Crippen LogP contribution < -0.4 is 5.01 Å². The number of carboxylic acid groups (broad SMARTS) is 1. The molecule has 0 aliphatic carbocycles. The van der Waals surface area contributed by atoms with Crippen LogP contribution in [0.1, 0.15) is 12.8 Å². The lowest BCUT2D eigenvalue weighted by Gasteiger charge is -2.25. The van der Waals surface area contributed by atoms with Gasteiger partial charge in [-0.05, 0) is 40.9 Å². The summed E-state index contributed by atoms with van der Waals surface area (Å²) in [5.74, 6) is -1.08. The van der Waals surface area contributed by atoms with E-state index in [1.165, 1.54) is 0 Å². The molecule has 0 unspecified atom stereocenters. The van der Waals surface area contributed by atoms with E-state index >= 15 is 0 Å². The third kappa shape index (κ3) is 2.64. The van der Waals surface area contributed by atoms with Crippen molar-refractivity contribution in [2.75, 3.05) is 11.6 Å². The van der Waals surface area contributed by atoms with Gasteiger partial charge in [0.05, 0.1) is 11.0 Å². The van der Waals surface area contributed by atoms with Crippen LogP contribution in [0, 0.1) is 4.91 Å². The molecule has 1 aliphatic heterocycles. The second-order valence-electron chi connectivity index (χ2n) is 4.32. The molecule has 1 fully saturated rings. The summed E-state index contributed by atoms with van der Waals surface area (Å²) in [5.41, 5.74) is 0.281. The van der Waals surface area contributed by atoms with Crippen LogP contribution in [0.3, 0.4) is 0 Å². The predicted molar refractivity (Wildman–Crippen MR) is 75.2 cm³/mol. The Labute approximate surface area is 123 Å². The molecule has 20 heavy (non-hydrogen) atoms. The summed E-state index contributed by atoms with van der Waals surface area (Å²) in [6.45, 7) is 0.298. The number of rotatable bonds is 3. The zero-order valence-corrected chi connectivity index (χ0v) is 12.0. The summed E-state index contributed by atoms with van der Waals surface area (Å²) in [6, 6.07) is 4.97. The second-order valence-corrected chi connectivity index (χ2v) is 5.17. The van der Waals surface area contributed by atoms with Crippen LogP contribution in [0.5, 0.6) is 0 Å². The van der Waals surface area contributed by atoms with Crippen LogP contribution >= 0.6 is 15.9 Å². The normalized spacial score (nSPS) is 17.9. The number of carbonyl (C=O) groups is 2. The molecule has 8 heteroatoms. The zero-order valence-electron chi connectivity index (χ0n) is 10.4. The Hall–Kier alpha value is -1.96. The summed E-state index contributed by atoms with van der Waals surface area (Å²) in [4.78, 5) is 35.6. The fourth-order valence-corrected chi connectivity index (χ4v) is 2.63. The van der Waals surface area contributed by atoms with Crippen molar-refractivity contribution >= 4 is 33.6 Å². The fraction of sp³-hybridized carbons (Fsp3) is 0.333. The number of nitrogens with zero attached hydrogens (tertiary/aromatic N) is 3. The number of aliphatic carboxylic acids is 1. The van der Waals surface area contributed by atoms with E-state index in [2.05, 4.69) is 21.2 Å². The number of urea groups is 1. The molecular weight excluding hydrogens is 330 g/mol. The second kappa shape index (κ2) is 6.00. The van der Waals surface area contributed by atoms with E-state index in [4.69, 9.17) is 5.11 Å². The third-order valence-electron chi connectivity index (χ3n) is 3.13. The number of halogens is 1. The van der Waals surface area contributed by atoms with Crippen LogP contribution in [0.2, 0.25) is 0 Å². The number of amides is 2. The number of nitroso groups, excluding NO2 is 1. The van der Waals surface area contributed by atoms with Gasteiger partial charge >= 0.3 is 12.0 Å². The van der Waals surface area contributed by atoms with Crippen LogP contribution in [0.15, 0.2) is 34.0 Å². The average molecular weight is 342 g/mol. The van der Waals surface area contributed by atoms with E-state index in [1.54, 1.807) is 24.3 Å². The Kier molecular flexibility index (Phi) is 4.33. The summed E-state index contributed by atoms with van der Waals surface area (Å²) in [7, 11) is 0. The maximum absolute atomic E-state index is 12.3. The van der Waals surface area contributed by atoms with E-state index in [0.29, 0.717) is 28.9 Å². The number of hydrogen-bond donors (Lipinski definition) is 1. The number of carboxylic acids is 1. The largest absolute Gasteiger partial charge is 0.480 e. The van der Waals surface area contributed by atoms with E-state index in [0.717, 1.165) is 4.90 Å². The number of likely N-dealkylation sites (tertiary alicyclic amines) is 1. The summed E-state index contributed by atoms with van der Waals surface area (Å²) < 4.78 is 0.527. The van der Waals surface area contributed by atoms with Gasteiger partial charge in [0.15, 0.2) is 0 Å². The molecule has 0 spiro atoms. The Morgan fingerprint density at radius 2 is 2.10 bits per heavy atom. The molecule has 0 bridgehead atoms. The lowest BCUT2D eigenvalue weighted by atomic mass is 10.2. The standard InChI is InChI=1S/C12H12BrN3O4/c13-8-4-1-2-5-9(8)16(14-20)12(19)15-7-3-6-10(15)11(17)18/h1-2,4-5,10H,3,6-7H2,(H,17,18)/t10-/m0/s1. The number of benzene rings is 1. The Bertz CT molecular complexity index is 551. The van der Waals surface area contributed by atoms with Crippen molar-refractivity contribution in [2.24, 2.45) is 5.29 Å². The first kappa shape index (κ1) is 14.4. The first-order chi connectivity index (χ1) is 9.56. The van der Waals surface area contributed by atoms with Crippen molar-refractivity contribution in [3.8, 4) is 0 Å². The van der Waals surface area contributed by atoms with E-state index in [9.17, 15) is 14.5 Å². The Morgan fingerprint density at radius 3 is 2.70 bits per heavy atom. The van der Waals surface area contributed by atoms with Gasteiger partial charge in [0.25, 0.3) is 0 Å². The van der Waals surface area contributed by atoms with E-state index in [1.807, 2.05) is 0 Å². The molecule has 7 nitrogen and oxygen atoms in total. The summed E-state index contributed by atoms with van der Waals surface area (Å²) >= 11 is 3.23. The number of carbonyl (C=O) groups excluding carboxylic acids is 1. The molecule has 1 aromatic carbocycles. The van der Waals surface area contributed by atoms with Crippen LogP contribution in [-0.4, -0.2) is 34.6 Å². The van der Waals surface area contributed by atoms with Gasteiger partial charge in [-0.3, -0.25) is 0 Å². The fourth-order valence-electron chi connectivity index (χ4n) is 2.18. The monoisotopic (exact) mass is 341 g/mol. The smallest absolute Gasteiger partial charge is 0.348 e. The molecule has 1 saturated heterocycles. The maximum Gasteiger partial charge on any atom is 0.348 e. The van der Waals surface area contributed by atoms with E-state index in [-0.39, 0.29) is 5.69 Å². The molecule has 1 atom stereocenters. The molecule has 0 aromatic heterocycles. The highest BCUT2D eigenvalue weighted by Gasteiger charge is 2.37. The molecule has 106 valence electrons. The molecule has 2 rings (SSSR count). The van der Waals surface area contributed by atoms with Crippen molar-refractivity contribution < 1.29 is 14.7 Å². The minimum Gasteiger partial charge on any atom is -0.480 e. The Morgan fingerprint density at radius 1 is 1.40 bits per heavy atom. The number of anilines is 1. The van der Waals surface area contributed by atoms with Crippen molar-refractivity contribution in [3.05, 3.63) is 33.6 Å². The van der Waals surface area contributed by atoms with Gasteiger partial charge in [-0.15, -0.1) is 9.92 Å². The molecule has 1 N–H and O–H groups in total. The van der Waals surface area contributed by atoms with Crippen molar-refractivity contribution in [1.29, 1.82) is 0 Å². The highest BCUT2D eigenvalue weighted by atomic mass is 79.9. The van der Waals surface area contributed by atoms with Gasteiger partial charge in [-0.25, -0.2) is 9.59 Å². The van der Waals surface area contributed by atoms with Gasteiger partial charge in [-0.2, -0.15) is 0 Å². The van der Waals surface area contributed by atoms with Crippen LogP contribution in [0.25, 0.3) is 0 Å². The molecule has 1 aliphatic rings. The van der Waals surface area contributed by atoms with E-state index < -0.39 is 18.0 Å². The molecule has 1 aromatic rings. The lowest BCUT2D eigenvalue weighted by Crippen LogP contribution is -2.46.